The maximum Gasteiger partial charge on any atom is 0.132 e. The molecule has 0 atom stereocenters. The van der Waals surface area contributed by atoms with E-state index in [4.69, 9.17) is 0 Å². The van der Waals surface area contributed by atoms with Crippen LogP contribution in [0.3, 0.4) is 0 Å². The van der Waals surface area contributed by atoms with Crippen LogP contribution in [0.2, 0.25) is 0 Å². The average Bonchev–Trinajstić information content (AvgIpc) is 2.87. The molecule has 1 aromatic carbocycles. The number of anilines is 2. The van der Waals surface area contributed by atoms with Gasteiger partial charge >= 0.3 is 0 Å². The average molecular weight is 204 g/mol. The van der Waals surface area contributed by atoms with Crippen LogP contribution in [0.15, 0.2) is 18.2 Å². The van der Waals surface area contributed by atoms with Gasteiger partial charge in [0, 0.05) is 36.6 Å². The second-order valence-corrected chi connectivity index (χ2v) is 3.99. The number of fused-ring (bicyclic) bond motifs is 1. The van der Waals surface area contributed by atoms with Gasteiger partial charge in [0.05, 0.1) is 0 Å². The van der Waals surface area contributed by atoms with E-state index < -0.39 is 0 Å². The third kappa shape index (κ3) is 1.66. The van der Waals surface area contributed by atoms with Crippen molar-refractivity contribution in [1.82, 2.24) is 10.6 Å². The topological polar surface area (TPSA) is 48.1 Å². The van der Waals surface area contributed by atoms with Crippen molar-refractivity contribution in [3.05, 3.63) is 23.8 Å². The molecular weight excluding hydrogens is 188 g/mol. The van der Waals surface area contributed by atoms with Gasteiger partial charge in [-0.05, 0) is 18.6 Å². The molecule has 0 amide bonds. The van der Waals surface area contributed by atoms with Gasteiger partial charge in [-0.2, -0.15) is 0 Å². The largest absolute Gasteiger partial charge is 0.384 e. The Hall–Kier alpha value is -1.26. The summed E-state index contributed by atoms with van der Waals surface area (Å²) in [6.07, 6.45) is 1.34. The molecule has 0 aliphatic carbocycles. The Morgan fingerprint density at radius 3 is 2.87 bits per heavy atom. The van der Waals surface area contributed by atoms with Crippen LogP contribution in [0.25, 0.3) is 0 Å². The minimum atomic E-state index is 0.220. The van der Waals surface area contributed by atoms with Crippen LogP contribution in [0.4, 0.5) is 11.4 Å². The van der Waals surface area contributed by atoms with Gasteiger partial charge in [0.2, 0.25) is 0 Å². The molecule has 0 spiro atoms. The molecule has 1 aromatic rings. The van der Waals surface area contributed by atoms with Crippen molar-refractivity contribution in [2.24, 2.45) is 0 Å². The van der Waals surface area contributed by atoms with E-state index in [9.17, 15) is 0 Å². The molecule has 0 radical (unpaired) electrons. The van der Waals surface area contributed by atoms with Crippen LogP contribution >= 0.6 is 0 Å². The smallest absolute Gasteiger partial charge is 0.132 e. The first-order chi connectivity index (χ1) is 7.43. The lowest BCUT2D eigenvalue weighted by Gasteiger charge is -2.17. The third-order valence-electron chi connectivity index (χ3n) is 2.99. The Labute approximate surface area is 89.4 Å². The Kier molecular flexibility index (Phi) is 2.23. The standard InChI is InChI=1S/C11H16N4/c1-2-9-8(4-5-12-9)10(3-1)15-11-13-6-7-14-11/h1-3,11-15H,4-7H2. The van der Waals surface area contributed by atoms with Crippen LogP contribution in [-0.4, -0.2) is 25.9 Å². The first kappa shape index (κ1) is 9.00. The molecule has 0 aromatic heterocycles. The van der Waals surface area contributed by atoms with Gasteiger partial charge in [-0.15, -0.1) is 0 Å². The van der Waals surface area contributed by atoms with Crippen LogP contribution in [0.5, 0.6) is 0 Å². The van der Waals surface area contributed by atoms with E-state index in [-0.39, 0.29) is 6.29 Å². The van der Waals surface area contributed by atoms with E-state index in [0.29, 0.717) is 0 Å². The lowest BCUT2D eigenvalue weighted by Crippen LogP contribution is -2.39. The van der Waals surface area contributed by atoms with Gasteiger partial charge in [-0.1, -0.05) is 6.07 Å². The van der Waals surface area contributed by atoms with E-state index in [2.05, 4.69) is 39.5 Å². The molecule has 15 heavy (non-hydrogen) atoms. The zero-order valence-corrected chi connectivity index (χ0v) is 8.64. The number of benzene rings is 1. The molecule has 1 fully saturated rings. The predicted octanol–water partition coefficient (Wildman–Crippen LogP) is 0.543. The van der Waals surface area contributed by atoms with Crippen molar-refractivity contribution in [3.8, 4) is 0 Å². The SMILES string of the molecule is c1cc2c(c(NC3NCCN3)c1)CCN2. The fourth-order valence-electron chi connectivity index (χ4n) is 2.24. The fraction of sp³-hybridized carbons (Fsp3) is 0.455. The minimum Gasteiger partial charge on any atom is -0.384 e. The summed E-state index contributed by atoms with van der Waals surface area (Å²) < 4.78 is 0. The molecular formula is C11H16N4. The van der Waals surface area contributed by atoms with E-state index in [1.165, 1.54) is 16.9 Å². The van der Waals surface area contributed by atoms with E-state index in [1.807, 2.05) is 0 Å². The molecule has 1 saturated heterocycles. The van der Waals surface area contributed by atoms with E-state index >= 15 is 0 Å². The summed E-state index contributed by atoms with van der Waals surface area (Å²) in [5.74, 6) is 0. The normalized spacial score (nSPS) is 20.0. The van der Waals surface area contributed by atoms with Gasteiger partial charge in [0.1, 0.15) is 6.29 Å². The molecule has 0 unspecified atom stereocenters. The third-order valence-corrected chi connectivity index (χ3v) is 2.99. The zero-order chi connectivity index (χ0) is 10.1. The summed E-state index contributed by atoms with van der Waals surface area (Å²) >= 11 is 0. The molecule has 3 rings (SSSR count). The first-order valence-electron chi connectivity index (χ1n) is 5.52. The highest BCUT2D eigenvalue weighted by molar-refractivity contribution is 5.68. The lowest BCUT2D eigenvalue weighted by atomic mass is 10.1. The second-order valence-electron chi connectivity index (χ2n) is 3.99. The van der Waals surface area contributed by atoms with Crippen LogP contribution < -0.4 is 21.3 Å². The molecule has 80 valence electrons. The van der Waals surface area contributed by atoms with Crippen LogP contribution in [0.1, 0.15) is 5.56 Å². The monoisotopic (exact) mass is 204 g/mol. The van der Waals surface area contributed by atoms with Crippen molar-refractivity contribution in [2.45, 2.75) is 12.7 Å². The van der Waals surface area contributed by atoms with E-state index in [1.54, 1.807) is 0 Å². The Morgan fingerprint density at radius 1 is 1.13 bits per heavy atom. The van der Waals surface area contributed by atoms with Crippen LogP contribution in [-0.2, 0) is 6.42 Å². The molecule has 4 N–H and O–H groups in total. The van der Waals surface area contributed by atoms with Crippen molar-refractivity contribution < 1.29 is 0 Å². The number of rotatable bonds is 2. The van der Waals surface area contributed by atoms with Gasteiger partial charge in [-0.3, -0.25) is 10.6 Å². The maximum absolute atomic E-state index is 3.48. The summed E-state index contributed by atoms with van der Waals surface area (Å²) in [6, 6.07) is 6.38. The van der Waals surface area contributed by atoms with Gasteiger partial charge in [0.15, 0.2) is 0 Å². The first-order valence-corrected chi connectivity index (χ1v) is 5.52. The van der Waals surface area contributed by atoms with E-state index in [0.717, 1.165) is 26.1 Å². The van der Waals surface area contributed by atoms with Crippen molar-refractivity contribution >= 4 is 11.4 Å². The molecule has 2 aliphatic heterocycles. The number of hydrogen-bond acceptors (Lipinski definition) is 4. The maximum atomic E-state index is 3.48. The minimum absolute atomic E-state index is 0.220. The van der Waals surface area contributed by atoms with Crippen molar-refractivity contribution in [1.29, 1.82) is 0 Å². The highest BCUT2D eigenvalue weighted by Gasteiger charge is 2.17. The Bertz CT molecular complexity index is 358. The Balaban J connectivity index is 1.82. The summed E-state index contributed by atoms with van der Waals surface area (Å²) in [6.45, 7) is 3.12. The molecule has 2 aliphatic rings. The highest BCUT2D eigenvalue weighted by Crippen LogP contribution is 2.29. The summed E-state index contributed by atoms with van der Waals surface area (Å²) in [4.78, 5) is 0. The number of nitrogens with one attached hydrogen (secondary N) is 4. The summed E-state index contributed by atoms with van der Waals surface area (Å²) in [5.41, 5.74) is 3.93. The molecule has 2 heterocycles. The van der Waals surface area contributed by atoms with Crippen LogP contribution in [0, 0.1) is 0 Å². The van der Waals surface area contributed by atoms with Gasteiger partial charge < -0.3 is 10.6 Å². The summed E-state index contributed by atoms with van der Waals surface area (Å²) in [5, 5.41) is 13.6. The number of hydrogen-bond donors (Lipinski definition) is 4. The van der Waals surface area contributed by atoms with Crippen molar-refractivity contribution in [2.75, 3.05) is 30.3 Å². The fourth-order valence-corrected chi connectivity index (χ4v) is 2.24. The van der Waals surface area contributed by atoms with Crippen molar-refractivity contribution in [3.63, 3.8) is 0 Å². The molecule has 4 nitrogen and oxygen atoms in total. The molecule has 0 saturated carbocycles. The molecule has 4 heteroatoms. The molecule has 0 bridgehead atoms. The second kappa shape index (κ2) is 3.72. The highest BCUT2D eigenvalue weighted by atomic mass is 15.3. The lowest BCUT2D eigenvalue weighted by molar-refractivity contribution is 0.620. The summed E-state index contributed by atoms with van der Waals surface area (Å²) in [7, 11) is 0. The quantitative estimate of drug-likeness (QED) is 0.568. The zero-order valence-electron chi connectivity index (χ0n) is 8.64. The van der Waals surface area contributed by atoms with Gasteiger partial charge in [0.25, 0.3) is 0 Å². The predicted molar refractivity (Wildman–Crippen MR) is 62.1 cm³/mol. The van der Waals surface area contributed by atoms with Gasteiger partial charge in [-0.25, -0.2) is 0 Å². The Morgan fingerprint density at radius 2 is 2.00 bits per heavy atom.